The fraction of sp³-hybridized carbons (Fsp3) is 0.571. The number of unbranched alkanes of at least 4 members (excludes halogenated alkanes) is 6. The van der Waals surface area contributed by atoms with Crippen molar-refractivity contribution >= 4 is 16.3 Å². The Morgan fingerprint density at radius 2 is 1.54 bits per heavy atom. The summed E-state index contributed by atoms with van der Waals surface area (Å²) < 4.78 is 0. The summed E-state index contributed by atoms with van der Waals surface area (Å²) in [6, 6.07) is 14.2. The van der Waals surface area contributed by atoms with Crippen LogP contribution < -0.4 is 0 Å². The highest BCUT2D eigenvalue weighted by Crippen LogP contribution is 2.34. The molecule has 1 unspecified atom stereocenters. The van der Waals surface area contributed by atoms with Gasteiger partial charge in [-0.25, -0.2) is 0 Å². The molecule has 0 radical (unpaired) electrons. The molecule has 0 heterocycles. The number of fused-ring (bicyclic) bond motifs is 1. The Hall–Kier alpha value is -1.56. The summed E-state index contributed by atoms with van der Waals surface area (Å²) in [5.41, 5.74) is 4.53. The summed E-state index contributed by atoms with van der Waals surface area (Å²) in [7, 11) is 0. The van der Waals surface area contributed by atoms with Crippen LogP contribution in [0.25, 0.3) is 16.3 Å². The van der Waals surface area contributed by atoms with E-state index in [2.05, 4.69) is 56.3 Å². The number of rotatable bonds is 11. The van der Waals surface area contributed by atoms with E-state index in [1.807, 2.05) is 0 Å². The molecule has 1 atom stereocenters. The zero-order valence-electron chi connectivity index (χ0n) is 18.3. The lowest BCUT2D eigenvalue weighted by atomic mass is 9.83. The first kappa shape index (κ1) is 21.2. The van der Waals surface area contributed by atoms with Crippen molar-refractivity contribution in [1.29, 1.82) is 0 Å². The average molecular weight is 377 g/mol. The highest BCUT2D eigenvalue weighted by molar-refractivity contribution is 5.87. The van der Waals surface area contributed by atoms with Crippen molar-refractivity contribution in [2.75, 3.05) is 0 Å². The van der Waals surface area contributed by atoms with Gasteiger partial charge in [-0.3, -0.25) is 0 Å². The molecule has 0 nitrogen and oxygen atoms in total. The Kier molecular flexibility index (Phi) is 8.65. The standard InChI is InChI=1S/C28H40/c1-3-5-7-8-9-10-12-24-15-18-28-22-27(20-19-26(28)21-24)25-16-13-23(14-17-25)11-6-4-2/h15-16,18-23H,3-14,17H2,1-2H3. The molecule has 0 spiro atoms. The van der Waals surface area contributed by atoms with E-state index in [9.17, 15) is 0 Å². The smallest absolute Gasteiger partial charge is 0.0178 e. The van der Waals surface area contributed by atoms with Crippen molar-refractivity contribution in [2.24, 2.45) is 5.92 Å². The second-order valence-corrected chi connectivity index (χ2v) is 8.93. The second kappa shape index (κ2) is 11.4. The van der Waals surface area contributed by atoms with Crippen LogP contribution in [-0.4, -0.2) is 0 Å². The Bertz CT molecular complexity index is 752. The van der Waals surface area contributed by atoms with Gasteiger partial charge >= 0.3 is 0 Å². The van der Waals surface area contributed by atoms with E-state index in [0.717, 1.165) is 5.92 Å². The van der Waals surface area contributed by atoms with Crippen LogP contribution in [0.2, 0.25) is 0 Å². The van der Waals surface area contributed by atoms with E-state index >= 15 is 0 Å². The van der Waals surface area contributed by atoms with Crippen LogP contribution in [0.3, 0.4) is 0 Å². The van der Waals surface area contributed by atoms with Crippen molar-refractivity contribution < 1.29 is 0 Å². The highest BCUT2D eigenvalue weighted by Gasteiger charge is 2.15. The molecule has 1 aliphatic carbocycles. The summed E-state index contributed by atoms with van der Waals surface area (Å²) in [4.78, 5) is 0. The Morgan fingerprint density at radius 3 is 2.32 bits per heavy atom. The number of hydrogen-bond acceptors (Lipinski definition) is 0. The van der Waals surface area contributed by atoms with E-state index in [1.165, 1.54) is 105 Å². The van der Waals surface area contributed by atoms with E-state index < -0.39 is 0 Å². The quantitative estimate of drug-likeness (QED) is 0.343. The molecule has 1 aliphatic rings. The molecule has 0 bridgehead atoms. The van der Waals surface area contributed by atoms with Gasteiger partial charge in [0.05, 0.1) is 0 Å². The SMILES string of the molecule is CCCCCCCCc1ccc2cc(C3=CCC(CCCC)CC3)ccc2c1. The normalized spacial score (nSPS) is 17.1. The monoisotopic (exact) mass is 376 g/mol. The lowest BCUT2D eigenvalue weighted by Gasteiger charge is -2.22. The maximum atomic E-state index is 2.53. The van der Waals surface area contributed by atoms with E-state index in [4.69, 9.17) is 0 Å². The molecule has 28 heavy (non-hydrogen) atoms. The fourth-order valence-electron chi connectivity index (χ4n) is 4.67. The zero-order valence-corrected chi connectivity index (χ0v) is 18.3. The van der Waals surface area contributed by atoms with Gasteiger partial charge in [-0.2, -0.15) is 0 Å². The second-order valence-electron chi connectivity index (χ2n) is 8.93. The molecule has 152 valence electrons. The first-order valence-electron chi connectivity index (χ1n) is 12.0. The van der Waals surface area contributed by atoms with E-state index in [0.29, 0.717) is 0 Å². The summed E-state index contributed by atoms with van der Waals surface area (Å²) >= 11 is 0. The maximum absolute atomic E-state index is 2.53. The topological polar surface area (TPSA) is 0 Å². The molecule has 0 aromatic heterocycles. The molecular weight excluding hydrogens is 336 g/mol. The third-order valence-corrected chi connectivity index (χ3v) is 6.58. The molecule has 0 heteroatoms. The Morgan fingerprint density at radius 1 is 0.786 bits per heavy atom. The summed E-state index contributed by atoms with van der Waals surface area (Å²) in [5, 5.41) is 2.81. The summed E-state index contributed by atoms with van der Waals surface area (Å²) in [6.07, 6.45) is 20.1. The van der Waals surface area contributed by atoms with Gasteiger partial charge in [0, 0.05) is 0 Å². The molecule has 2 aromatic rings. The van der Waals surface area contributed by atoms with Crippen molar-refractivity contribution in [3.8, 4) is 0 Å². The number of allylic oxidation sites excluding steroid dienone is 2. The predicted molar refractivity (Wildman–Crippen MR) is 126 cm³/mol. The van der Waals surface area contributed by atoms with Crippen LogP contribution in [0.5, 0.6) is 0 Å². The lowest BCUT2D eigenvalue weighted by molar-refractivity contribution is 0.434. The summed E-state index contributed by atoms with van der Waals surface area (Å²) in [5.74, 6) is 0.925. The van der Waals surface area contributed by atoms with Crippen LogP contribution in [0.4, 0.5) is 0 Å². The maximum Gasteiger partial charge on any atom is -0.0178 e. The lowest BCUT2D eigenvalue weighted by Crippen LogP contribution is -2.05. The molecule has 2 aromatic carbocycles. The molecule has 0 saturated heterocycles. The van der Waals surface area contributed by atoms with Crippen molar-refractivity contribution in [2.45, 2.75) is 97.3 Å². The number of aryl methyl sites for hydroxylation is 1. The summed E-state index contributed by atoms with van der Waals surface area (Å²) in [6.45, 7) is 4.59. The minimum Gasteiger partial charge on any atom is -0.0804 e. The highest BCUT2D eigenvalue weighted by atomic mass is 14.2. The van der Waals surface area contributed by atoms with Crippen molar-refractivity contribution in [3.05, 3.63) is 53.6 Å². The Labute approximate surface area is 173 Å². The zero-order chi connectivity index (χ0) is 19.6. The van der Waals surface area contributed by atoms with Gasteiger partial charge in [-0.05, 0) is 71.6 Å². The predicted octanol–water partition coefficient (Wildman–Crippen LogP) is 9.12. The van der Waals surface area contributed by atoms with E-state index in [-0.39, 0.29) is 0 Å². The van der Waals surface area contributed by atoms with Gasteiger partial charge in [-0.15, -0.1) is 0 Å². The third kappa shape index (κ3) is 6.23. The molecule has 0 amide bonds. The fourth-order valence-corrected chi connectivity index (χ4v) is 4.67. The first-order chi connectivity index (χ1) is 13.8. The van der Waals surface area contributed by atoms with Gasteiger partial charge < -0.3 is 0 Å². The van der Waals surface area contributed by atoms with Crippen LogP contribution in [0, 0.1) is 5.92 Å². The molecule has 0 fully saturated rings. The van der Waals surface area contributed by atoms with E-state index in [1.54, 1.807) is 5.57 Å². The number of benzene rings is 2. The average Bonchev–Trinajstić information content (AvgIpc) is 2.74. The first-order valence-corrected chi connectivity index (χ1v) is 12.0. The van der Waals surface area contributed by atoms with Crippen LogP contribution >= 0.6 is 0 Å². The van der Waals surface area contributed by atoms with Gasteiger partial charge in [-0.1, -0.05) is 102 Å². The van der Waals surface area contributed by atoms with Crippen LogP contribution in [0.1, 0.15) is 102 Å². The molecule has 0 saturated carbocycles. The van der Waals surface area contributed by atoms with Crippen LogP contribution in [0.15, 0.2) is 42.5 Å². The van der Waals surface area contributed by atoms with Gasteiger partial charge in [0.1, 0.15) is 0 Å². The van der Waals surface area contributed by atoms with Crippen LogP contribution in [-0.2, 0) is 6.42 Å². The minimum atomic E-state index is 0.925. The number of hydrogen-bond donors (Lipinski definition) is 0. The van der Waals surface area contributed by atoms with Gasteiger partial charge in [0.2, 0.25) is 0 Å². The molecular formula is C28H40. The van der Waals surface area contributed by atoms with Gasteiger partial charge in [0.25, 0.3) is 0 Å². The minimum absolute atomic E-state index is 0.925. The molecule has 0 aliphatic heterocycles. The third-order valence-electron chi connectivity index (χ3n) is 6.58. The Balaban J connectivity index is 1.56. The largest absolute Gasteiger partial charge is 0.0804 e. The molecule has 3 rings (SSSR count). The van der Waals surface area contributed by atoms with Crippen molar-refractivity contribution in [1.82, 2.24) is 0 Å². The molecule has 0 N–H and O–H groups in total. The van der Waals surface area contributed by atoms with Gasteiger partial charge in [0.15, 0.2) is 0 Å². The van der Waals surface area contributed by atoms with Crippen molar-refractivity contribution in [3.63, 3.8) is 0 Å².